The van der Waals surface area contributed by atoms with Gasteiger partial charge in [-0.05, 0) is 31.7 Å². The average Bonchev–Trinajstić information content (AvgIpc) is 2.58. The highest BCUT2D eigenvalue weighted by atomic mass is 16.4. The van der Waals surface area contributed by atoms with Crippen LogP contribution in [0, 0.1) is 5.41 Å². The molecule has 0 aromatic carbocycles. The zero-order valence-electron chi connectivity index (χ0n) is 13.4. The first-order valence-electron chi connectivity index (χ1n) is 7.70. The lowest BCUT2D eigenvalue weighted by Crippen LogP contribution is -2.54. The fourth-order valence-electron chi connectivity index (χ4n) is 3.36. The van der Waals surface area contributed by atoms with Gasteiger partial charge in [0, 0.05) is 25.2 Å². The molecule has 2 saturated heterocycles. The number of fused-ring (bicyclic) bond motifs is 2. The molecule has 120 valence electrons. The Morgan fingerprint density at radius 2 is 1.81 bits per heavy atom. The van der Waals surface area contributed by atoms with Crippen LogP contribution in [0.25, 0.3) is 0 Å². The lowest BCUT2D eigenvalue weighted by Gasteiger charge is -2.32. The first-order valence-corrected chi connectivity index (χ1v) is 7.70. The minimum absolute atomic E-state index is 0.252. The molecular formula is C15H27N3O3. The number of rotatable bonds is 2. The number of nitrogens with one attached hydrogen (secondary N) is 1. The van der Waals surface area contributed by atoms with Gasteiger partial charge in [0.05, 0.1) is 0 Å². The average molecular weight is 297 g/mol. The zero-order valence-corrected chi connectivity index (χ0v) is 13.4. The van der Waals surface area contributed by atoms with Crippen molar-refractivity contribution in [3.05, 3.63) is 0 Å². The monoisotopic (exact) mass is 297 g/mol. The fraction of sp³-hybridized carbons (Fsp3) is 0.867. The van der Waals surface area contributed by atoms with Crippen LogP contribution in [-0.4, -0.2) is 65.2 Å². The molecule has 0 aliphatic carbocycles. The molecule has 0 aromatic rings. The molecule has 2 N–H and O–H groups in total. The maximum atomic E-state index is 12.4. The summed E-state index contributed by atoms with van der Waals surface area (Å²) in [5.41, 5.74) is -0.511. The number of hydrogen-bond donors (Lipinski definition) is 2. The molecule has 6 heteroatoms. The number of amides is 2. The van der Waals surface area contributed by atoms with Crippen molar-refractivity contribution in [1.82, 2.24) is 15.1 Å². The van der Waals surface area contributed by atoms with Gasteiger partial charge in [0.2, 0.25) is 0 Å². The van der Waals surface area contributed by atoms with E-state index in [0.717, 1.165) is 12.8 Å². The van der Waals surface area contributed by atoms with Crippen molar-refractivity contribution in [2.24, 2.45) is 5.41 Å². The molecule has 2 heterocycles. The molecule has 6 nitrogen and oxygen atoms in total. The number of carboxylic acid groups (broad SMARTS) is 1. The third-order valence-corrected chi connectivity index (χ3v) is 4.82. The van der Waals surface area contributed by atoms with E-state index < -0.39 is 17.4 Å². The quantitative estimate of drug-likeness (QED) is 0.807. The second-order valence-electron chi connectivity index (χ2n) is 7.37. The second kappa shape index (κ2) is 5.83. The van der Waals surface area contributed by atoms with E-state index in [9.17, 15) is 14.7 Å². The van der Waals surface area contributed by atoms with E-state index in [1.165, 1.54) is 6.42 Å². The first-order chi connectivity index (χ1) is 9.70. The summed E-state index contributed by atoms with van der Waals surface area (Å²) in [5.74, 6) is -0.982. The van der Waals surface area contributed by atoms with Gasteiger partial charge in [-0.1, -0.05) is 20.8 Å². The molecule has 2 bridgehead atoms. The molecule has 0 aromatic heterocycles. The van der Waals surface area contributed by atoms with Crippen LogP contribution in [0.15, 0.2) is 0 Å². The van der Waals surface area contributed by atoms with Gasteiger partial charge in [0.15, 0.2) is 0 Å². The van der Waals surface area contributed by atoms with Crippen LogP contribution in [0.4, 0.5) is 4.79 Å². The van der Waals surface area contributed by atoms with Crippen molar-refractivity contribution in [3.63, 3.8) is 0 Å². The van der Waals surface area contributed by atoms with E-state index in [4.69, 9.17) is 0 Å². The Morgan fingerprint density at radius 1 is 1.19 bits per heavy atom. The van der Waals surface area contributed by atoms with E-state index in [1.807, 2.05) is 20.8 Å². The normalized spacial score (nSPS) is 28.1. The lowest BCUT2D eigenvalue weighted by atomic mass is 9.87. The Hall–Kier alpha value is -1.30. The Bertz CT molecular complexity index is 419. The Kier molecular flexibility index (Phi) is 4.46. The molecule has 0 radical (unpaired) electrons. The van der Waals surface area contributed by atoms with Crippen molar-refractivity contribution < 1.29 is 14.7 Å². The van der Waals surface area contributed by atoms with Gasteiger partial charge < -0.3 is 15.3 Å². The largest absolute Gasteiger partial charge is 0.480 e. The number of aliphatic carboxylic acids is 1. The number of carboxylic acids is 1. The van der Waals surface area contributed by atoms with Gasteiger partial charge in [-0.15, -0.1) is 0 Å². The predicted octanol–water partition coefficient (Wildman–Crippen LogP) is 1.36. The van der Waals surface area contributed by atoms with E-state index in [2.05, 4.69) is 17.3 Å². The van der Waals surface area contributed by atoms with Gasteiger partial charge in [-0.3, -0.25) is 4.90 Å². The third kappa shape index (κ3) is 3.48. The van der Waals surface area contributed by atoms with Crippen LogP contribution in [-0.2, 0) is 4.79 Å². The van der Waals surface area contributed by atoms with Crippen molar-refractivity contribution >= 4 is 12.0 Å². The molecular weight excluding hydrogens is 270 g/mol. The second-order valence-corrected chi connectivity index (χ2v) is 7.37. The predicted molar refractivity (Wildman–Crippen MR) is 80.2 cm³/mol. The van der Waals surface area contributed by atoms with Crippen LogP contribution in [0.3, 0.4) is 0 Å². The highest BCUT2D eigenvalue weighted by molar-refractivity contribution is 5.83. The minimum Gasteiger partial charge on any atom is -0.480 e. The number of nitrogens with zero attached hydrogens (tertiary/aromatic N) is 2. The summed E-state index contributed by atoms with van der Waals surface area (Å²) in [6.45, 7) is 6.86. The summed E-state index contributed by atoms with van der Waals surface area (Å²) in [4.78, 5) is 27.9. The van der Waals surface area contributed by atoms with E-state index in [1.54, 1.807) is 4.90 Å². The number of likely N-dealkylation sites (tertiary alicyclic amines) is 1. The van der Waals surface area contributed by atoms with Crippen molar-refractivity contribution in [2.75, 3.05) is 20.1 Å². The number of likely N-dealkylation sites (N-methyl/N-ethyl adjacent to an activating group) is 1. The summed E-state index contributed by atoms with van der Waals surface area (Å²) >= 11 is 0. The summed E-state index contributed by atoms with van der Waals surface area (Å²) in [5, 5.41) is 12.0. The van der Waals surface area contributed by atoms with E-state index in [0.29, 0.717) is 25.2 Å². The standard InChI is InChI=1S/C15H27N3O3/c1-15(2,3)12(13(19)20)16-14(21)18-8-7-10-5-6-11(9-18)17(10)4/h10-12H,5-9H2,1-4H3,(H,16,21)(H,19,20)/t10?,11?,12-/m1/s1. The molecule has 21 heavy (non-hydrogen) atoms. The van der Waals surface area contributed by atoms with E-state index >= 15 is 0 Å². The van der Waals surface area contributed by atoms with Gasteiger partial charge in [0.1, 0.15) is 6.04 Å². The molecule has 3 atom stereocenters. The fourth-order valence-corrected chi connectivity index (χ4v) is 3.36. The van der Waals surface area contributed by atoms with Gasteiger partial charge in [-0.25, -0.2) is 9.59 Å². The van der Waals surface area contributed by atoms with Crippen LogP contribution in [0.1, 0.15) is 40.0 Å². The molecule has 2 aliphatic heterocycles. The maximum Gasteiger partial charge on any atom is 0.326 e. The molecule has 2 rings (SSSR count). The van der Waals surface area contributed by atoms with Crippen LogP contribution >= 0.6 is 0 Å². The smallest absolute Gasteiger partial charge is 0.326 e. The summed E-state index contributed by atoms with van der Waals surface area (Å²) < 4.78 is 0. The third-order valence-electron chi connectivity index (χ3n) is 4.82. The summed E-state index contributed by atoms with van der Waals surface area (Å²) in [7, 11) is 2.12. The Balaban J connectivity index is 2.01. The molecule has 2 aliphatic rings. The number of hydrogen-bond acceptors (Lipinski definition) is 3. The minimum atomic E-state index is -0.982. The number of urea groups is 1. The molecule has 0 saturated carbocycles. The maximum absolute atomic E-state index is 12.4. The SMILES string of the molecule is CN1C2CCC1CN(C(=O)N[C@H](C(=O)O)C(C)(C)C)CC2. The van der Waals surface area contributed by atoms with E-state index in [-0.39, 0.29) is 6.03 Å². The highest BCUT2D eigenvalue weighted by Gasteiger charge is 2.38. The van der Waals surface area contributed by atoms with Crippen LogP contribution in [0.5, 0.6) is 0 Å². The van der Waals surface area contributed by atoms with Gasteiger partial charge >= 0.3 is 12.0 Å². The molecule has 2 fully saturated rings. The Labute approximate surface area is 126 Å². The Morgan fingerprint density at radius 3 is 2.38 bits per heavy atom. The van der Waals surface area contributed by atoms with Crippen LogP contribution in [0.2, 0.25) is 0 Å². The van der Waals surface area contributed by atoms with Crippen LogP contribution < -0.4 is 5.32 Å². The van der Waals surface area contributed by atoms with Crippen molar-refractivity contribution in [3.8, 4) is 0 Å². The number of carbonyl (C=O) groups is 2. The van der Waals surface area contributed by atoms with Crippen molar-refractivity contribution in [2.45, 2.75) is 58.2 Å². The van der Waals surface area contributed by atoms with Crippen molar-refractivity contribution in [1.29, 1.82) is 0 Å². The highest BCUT2D eigenvalue weighted by Crippen LogP contribution is 2.28. The molecule has 2 unspecified atom stereocenters. The lowest BCUT2D eigenvalue weighted by molar-refractivity contribution is -0.142. The van der Waals surface area contributed by atoms with Gasteiger partial charge in [0.25, 0.3) is 0 Å². The number of carbonyl (C=O) groups excluding carboxylic acids is 1. The molecule has 2 amide bonds. The zero-order chi connectivity index (χ0) is 15.8. The topological polar surface area (TPSA) is 72.9 Å². The first kappa shape index (κ1) is 16.1. The molecule has 0 spiro atoms. The van der Waals surface area contributed by atoms with Gasteiger partial charge in [-0.2, -0.15) is 0 Å². The summed E-state index contributed by atoms with van der Waals surface area (Å²) in [6, 6.07) is -0.159. The summed E-state index contributed by atoms with van der Waals surface area (Å²) in [6.07, 6.45) is 3.29.